The molecular formula is C13H15NO. The second-order valence-corrected chi connectivity index (χ2v) is 4.12. The fourth-order valence-corrected chi connectivity index (χ4v) is 2.28. The van der Waals surface area contributed by atoms with E-state index in [4.69, 9.17) is 4.74 Å². The van der Waals surface area contributed by atoms with Gasteiger partial charge < -0.3 is 4.74 Å². The summed E-state index contributed by atoms with van der Waals surface area (Å²) >= 11 is 0. The maximum absolute atomic E-state index is 9.28. The molecule has 1 aliphatic rings. The monoisotopic (exact) mass is 201 g/mol. The van der Waals surface area contributed by atoms with Crippen molar-refractivity contribution in [3.63, 3.8) is 0 Å². The van der Waals surface area contributed by atoms with Crippen molar-refractivity contribution >= 4 is 0 Å². The van der Waals surface area contributed by atoms with Crippen molar-refractivity contribution in [2.45, 2.75) is 25.2 Å². The highest BCUT2D eigenvalue weighted by Gasteiger charge is 2.54. The predicted molar refractivity (Wildman–Crippen MR) is 58.7 cm³/mol. The fraction of sp³-hybridized carbons (Fsp3) is 0.462. The molecule has 0 N–H and O–H groups in total. The Morgan fingerprint density at radius 1 is 1.60 bits per heavy atom. The Morgan fingerprint density at radius 3 is 2.93 bits per heavy atom. The summed E-state index contributed by atoms with van der Waals surface area (Å²) in [5, 5.41) is 9.28. The Labute approximate surface area is 90.5 Å². The first kappa shape index (κ1) is 10.0. The molecule has 2 atom stereocenters. The van der Waals surface area contributed by atoms with E-state index in [2.05, 4.69) is 13.0 Å². The second-order valence-electron chi connectivity index (χ2n) is 4.12. The van der Waals surface area contributed by atoms with Crippen LogP contribution in [0.15, 0.2) is 24.3 Å². The van der Waals surface area contributed by atoms with E-state index in [0.717, 1.165) is 24.2 Å². The summed E-state index contributed by atoms with van der Waals surface area (Å²) in [5.41, 5.74) is 0.875. The number of hydrogen-bond donors (Lipinski definition) is 0. The predicted octanol–water partition coefficient (Wildman–Crippen LogP) is 2.89. The van der Waals surface area contributed by atoms with E-state index < -0.39 is 0 Å². The van der Waals surface area contributed by atoms with Gasteiger partial charge in [-0.2, -0.15) is 5.26 Å². The van der Waals surface area contributed by atoms with Crippen LogP contribution in [0.25, 0.3) is 0 Å². The number of rotatable bonds is 3. The van der Waals surface area contributed by atoms with Gasteiger partial charge in [0.2, 0.25) is 0 Å². The van der Waals surface area contributed by atoms with Gasteiger partial charge in [0, 0.05) is 0 Å². The number of nitriles is 1. The minimum atomic E-state index is -0.233. The summed E-state index contributed by atoms with van der Waals surface area (Å²) in [6.45, 7) is 2.14. The normalized spacial score (nSPS) is 28.2. The fourth-order valence-electron chi connectivity index (χ4n) is 2.28. The van der Waals surface area contributed by atoms with Crippen LogP contribution in [0.5, 0.6) is 5.75 Å². The molecule has 2 heteroatoms. The zero-order valence-electron chi connectivity index (χ0n) is 9.16. The van der Waals surface area contributed by atoms with Gasteiger partial charge in [-0.25, -0.2) is 0 Å². The van der Waals surface area contributed by atoms with Crippen molar-refractivity contribution < 1.29 is 4.74 Å². The van der Waals surface area contributed by atoms with Gasteiger partial charge in [0.25, 0.3) is 0 Å². The molecule has 0 amide bonds. The van der Waals surface area contributed by atoms with Gasteiger partial charge in [0.15, 0.2) is 0 Å². The Balaban J connectivity index is 2.34. The lowest BCUT2D eigenvalue weighted by Crippen LogP contribution is -2.06. The van der Waals surface area contributed by atoms with Crippen molar-refractivity contribution in [1.82, 2.24) is 0 Å². The molecule has 0 saturated heterocycles. The first-order valence-electron chi connectivity index (χ1n) is 5.32. The van der Waals surface area contributed by atoms with E-state index >= 15 is 0 Å². The first-order valence-corrected chi connectivity index (χ1v) is 5.32. The van der Waals surface area contributed by atoms with Crippen LogP contribution in [-0.4, -0.2) is 7.11 Å². The molecular weight excluding hydrogens is 186 g/mol. The van der Waals surface area contributed by atoms with Crippen LogP contribution in [0.1, 0.15) is 25.3 Å². The zero-order chi connectivity index (χ0) is 10.9. The Bertz CT molecular complexity index is 407. The Hall–Kier alpha value is -1.49. The minimum Gasteiger partial charge on any atom is -0.497 e. The Kier molecular flexibility index (Phi) is 2.40. The van der Waals surface area contributed by atoms with Crippen molar-refractivity contribution in [2.24, 2.45) is 5.92 Å². The number of methoxy groups -OCH3 is 1. The largest absolute Gasteiger partial charge is 0.497 e. The van der Waals surface area contributed by atoms with E-state index in [1.54, 1.807) is 7.11 Å². The SMILES string of the molecule is CCC1CC1(C#N)c1cccc(OC)c1. The van der Waals surface area contributed by atoms with E-state index in [1.165, 1.54) is 0 Å². The summed E-state index contributed by atoms with van der Waals surface area (Å²) in [6, 6.07) is 10.4. The second kappa shape index (κ2) is 3.58. The molecule has 2 nitrogen and oxygen atoms in total. The molecule has 2 rings (SSSR count). The van der Waals surface area contributed by atoms with Crippen LogP contribution in [0.2, 0.25) is 0 Å². The smallest absolute Gasteiger partial charge is 0.119 e. The van der Waals surface area contributed by atoms with Crippen LogP contribution in [0, 0.1) is 17.2 Å². The molecule has 0 bridgehead atoms. The highest BCUT2D eigenvalue weighted by molar-refractivity contribution is 5.44. The van der Waals surface area contributed by atoms with Gasteiger partial charge >= 0.3 is 0 Å². The lowest BCUT2D eigenvalue weighted by atomic mass is 9.94. The van der Waals surface area contributed by atoms with E-state index in [0.29, 0.717) is 5.92 Å². The maximum atomic E-state index is 9.28. The van der Waals surface area contributed by atoms with Crippen LogP contribution in [0.4, 0.5) is 0 Å². The van der Waals surface area contributed by atoms with E-state index in [-0.39, 0.29) is 5.41 Å². The van der Waals surface area contributed by atoms with E-state index in [9.17, 15) is 5.26 Å². The van der Waals surface area contributed by atoms with Crippen LogP contribution >= 0.6 is 0 Å². The molecule has 1 aromatic carbocycles. The minimum absolute atomic E-state index is 0.233. The third-order valence-corrected chi connectivity index (χ3v) is 3.38. The third-order valence-electron chi connectivity index (χ3n) is 3.38. The summed E-state index contributed by atoms with van der Waals surface area (Å²) in [5.74, 6) is 1.36. The molecule has 1 fully saturated rings. The van der Waals surface area contributed by atoms with Gasteiger partial charge in [-0.1, -0.05) is 25.5 Å². The molecule has 0 heterocycles. The van der Waals surface area contributed by atoms with Crippen LogP contribution in [0.3, 0.4) is 0 Å². The quantitative estimate of drug-likeness (QED) is 0.753. The van der Waals surface area contributed by atoms with Gasteiger partial charge in [-0.05, 0) is 30.0 Å². The molecule has 0 spiro atoms. The van der Waals surface area contributed by atoms with E-state index in [1.807, 2.05) is 24.3 Å². The lowest BCUT2D eigenvalue weighted by Gasteiger charge is -2.09. The zero-order valence-corrected chi connectivity index (χ0v) is 9.16. The molecule has 78 valence electrons. The third kappa shape index (κ3) is 1.48. The van der Waals surface area contributed by atoms with Crippen molar-refractivity contribution in [3.8, 4) is 11.8 Å². The molecule has 15 heavy (non-hydrogen) atoms. The van der Waals surface area contributed by atoms with Gasteiger partial charge in [0.05, 0.1) is 18.6 Å². The summed E-state index contributed by atoms with van der Waals surface area (Å²) in [4.78, 5) is 0. The highest BCUT2D eigenvalue weighted by atomic mass is 16.5. The summed E-state index contributed by atoms with van der Waals surface area (Å²) < 4.78 is 5.18. The number of nitrogens with zero attached hydrogens (tertiary/aromatic N) is 1. The van der Waals surface area contributed by atoms with Gasteiger partial charge in [-0.3, -0.25) is 0 Å². The number of benzene rings is 1. The molecule has 2 unspecified atom stereocenters. The standard InChI is InChI=1S/C13H15NO/c1-3-10-8-13(10,9-14)11-5-4-6-12(7-11)15-2/h4-7,10H,3,8H2,1-2H3. The molecule has 1 saturated carbocycles. The molecule has 1 aromatic rings. The number of ether oxygens (including phenoxy) is 1. The molecule has 0 radical (unpaired) electrons. The molecule has 0 aliphatic heterocycles. The van der Waals surface area contributed by atoms with Crippen molar-refractivity contribution in [3.05, 3.63) is 29.8 Å². The molecule has 1 aliphatic carbocycles. The average Bonchev–Trinajstić information content (AvgIpc) is 3.04. The van der Waals surface area contributed by atoms with Crippen molar-refractivity contribution in [2.75, 3.05) is 7.11 Å². The average molecular weight is 201 g/mol. The topological polar surface area (TPSA) is 33.0 Å². The maximum Gasteiger partial charge on any atom is 0.119 e. The lowest BCUT2D eigenvalue weighted by molar-refractivity contribution is 0.414. The number of hydrogen-bond acceptors (Lipinski definition) is 2. The Morgan fingerprint density at radius 2 is 2.40 bits per heavy atom. The van der Waals surface area contributed by atoms with Gasteiger partial charge in [0.1, 0.15) is 5.75 Å². The molecule has 0 aromatic heterocycles. The van der Waals surface area contributed by atoms with Crippen LogP contribution < -0.4 is 4.74 Å². The van der Waals surface area contributed by atoms with Gasteiger partial charge in [-0.15, -0.1) is 0 Å². The highest BCUT2D eigenvalue weighted by Crippen LogP contribution is 2.55. The summed E-state index contributed by atoms with van der Waals surface area (Å²) in [6.07, 6.45) is 2.07. The van der Waals surface area contributed by atoms with Crippen LogP contribution in [-0.2, 0) is 5.41 Å². The summed E-state index contributed by atoms with van der Waals surface area (Å²) in [7, 11) is 1.66. The van der Waals surface area contributed by atoms with Crippen molar-refractivity contribution in [1.29, 1.82) is 5.26 Å². The first-order chi connectivity index (χ1) is 7.26.